The Morgan fingerprint density at radius 3 is 2.00 bits per heavy atom. The second-order valence-corrected chi connectivity index (χ2v) is 2.66. The first-order valence-corrected chi connectivity index (χ1v) is 3.80. The summed E-state index contributed by atoms with van der Waals surface area (Å²) in [7, 11) is 0. The molecule has 0 aromatic carbocycles. The summed E-state index contributed by atoms with van der Waals surface area (Å²) in [5, 5.41) is 18.9. The first-order valence-electron chi connectivity index (χ1n) is 2.51. The van der Waals surface area contributed by atoms with Gasteiger partial charge in [0.15, 0.2) is 0 Å². The molecule has 0 amide bonds. The van der Waals surface area contributed by atoms with E-state index in [1.807, 2.05) is 0 Å². The Labute approximate surface area is 98.3 Å². The van der Waals surface area contributed by atoms with Gasteiger partial charge < -0.3 is 19.8 Å². The minimum Gasteiger partial charge on any atom is -0.550 e. The number of carboxylic acids is 2. The van der Waals surface area contributed by atoms with Crippen LogP contribution in [0.25, 0.3) is 0 Å². The standard InChI is InChI=1S/C5H8O4S.Ca/c1-10-3(5(8)9)2-4(6)7;/h3H,2H2,1H3,(H,6,7)(H,8,9);/q;+2/p-2. The number of carboxylic acid groups (broad SMARTS) is 2. The van der Waals surface area contributed by atoms with Crippen molar-refractivity contribution in [1.29, 1.82) is 0 Å². The molecule has 0 aliphatic carbocycles. The third kappa shape index (κ3) is 6.93. The SMILES string of the molecule is CSC(CC(=O)[O-])C(=O)[O-].[Ca+2]. The Morgan fingerprint density at radius 2 is 1.91 bits per heavy atom. The largest absolute Gasteiger partial charge is 2.00 e. The van der Waals surface area contributed by atoms with Crippen molar-refractivity contribution in [2.75, 3.05) is 6.26 Å². The van der Waals surface area contributed by atoms with E-state index in [4.69, 9.17) is 0 Å². The van der Waals surface area contributed by atoms with Crippen LogP contribution in [0.15, 0.2) is 0 Å². The molecule has 11 heavy (non-hydrogen) atoms. The molecule has 0 N–H and O–H groups in total. The summed E-state index contributed by atoms with van der Waals surface area (Å²) in [6.45, 7) is 0. The zero-order valence-corrected chi connectivity index (χ0v) is 9.06. The minimum absolute atomic E-state index is 0. The van der Waals surface area contributed by atoms with Gasteiger partial charge in [0.25, 0.3) is 0 Å². The second kappa shape index (κ2) is 7.21. The van der Waals surface area contributed by atoms with Crippen LogP contribution in [0, 0.1) is 0 Å². The van der Waals surface area contributed by atoms with Gasteiger partial charge in [0.2, 0.25) is 0 Å². The molecule has 0 heterocycles. The van der Waals surface area contributed by atoms with Crippen molar-refractivity contribution in [2.24, 2.45) is 0 Å². The van der Waals surface area contributed by atoms with Gasteiger partial charge in [-0.2, -0.15) is 11.8 Å². The Balaban J connectivity index is 0. The van der Waals surface area contributed by atoms with Crippen LogP contribution in [0.4, 0.5) is 0 Å². The Kier molecular flexibility index (Phi) is 9.24. The molecule has 0 aromatic heterocycles. The summed E-state index contributed by atoms with van der Waals surface area (Å²) >= 11 is 0.923. The van der Waals surface area contributed by atoms with Crippen molar-refractivity contribution in [3.63, 3.8) is 0 Å². The molecule has 0 saturated heterocycles. The molecule has 0 aromatic rings. The quantitative estimate of drug-likeness (QED) is 0.461. The fraction of sp³-hybridized carbons (Fsp3) is 0.600. The van der Waals surface area contributed by atoms with Crippen molar-refractivity contribution in [3.8, 4) is 0 Å². The van der Waals surface area contributed by atoms with Gasteiger partial charge in [-0.15, -0.1) is 0 Å². The zero-order valence-electron chi connectivity index (χ0n) is 6.03. The van der Waals surface area contributed by atoms with Gasteiger partial charge in [-0.3, -0.25) is 0 Å². The first-order chi connectivity index (χ1) is 4.57. The maximum Gasteiger partial charge on any atom is 2.00 e. The van der Waals surface area contributed by atoms with E-state index in [0.717, 1.165) is 11.8 Å². The van der Waals surface area contributed by atoms with Gasteiger partial charge in [0, 0.05) is 17.6 Å². The molecule has 0 bridgehead atoms. The van der Waals surface area contributed by atoms with Crippen LogP contribution in [0.2, 0.25) is 0 Å². The van der Waals surface area contributed by atoms with Crippen LogP contribution in [0.3, 0.4) is 0 Å². The molecule has 1 unspecified atom stereocenters. The molecule has 0 aliphatic heterocycles. The molecule has 0 saturated carbocycles. The second-order valence-electron chi connectivity index (χ2n) is 1.62. The smallest absolute Gasteiger partial charge is 0.550 e. The Bertz CT molecular complexity index is 149. The van der Waals surface area contributed by atoms with E-state index in [1.54, 1.807) is 0 Å². The van der Waals surface area contributed by atoms with Crippen molar-refractivity contribution in [3.05, 3.63) is 0 Å². The molecule has 0 rings (SSSR count). The summed E-state index contributed by atoms with van der Waals surface area (Å²) in [5.41, 5.74) is 0. The maximum absolute atomic E-state index is 10.0. The average molecular weight is 202 g/mol. The first kappa shape index (κ1) is 14.1. The van der Waals surface area contributed by atoms with Crippen molar-refractivity contribution >= 4 is 61.4 Å². The van der Waals surface area contributed by atoms with Crippen LogP contribution < -0.4 is 10.2 Å². The van der Waals surface area contributed by atoms with Gasteiger partial charge in [0.1, 0.15) is 0 Å². The van der Waals surface area contributed by atoms with Crippen LogP contribution in [0.5, 0.6) is 0 Å². The number of aliphatic carboxylic acids is 2. The van der Waals surface area contributed by atoms with Crippen LogP contribution >= 0.6 is 11.8 Å². The molecule has 0 spiro atoms. The molecule has 58 valence electrons. The number of hydrogen-bond donors (Lipinski definition) is 0. The summed E-state index contributed by atoms with van der Waals surface area (Å²) in [4.78, 5) is 19.9. The average Bonchev–Trinajstić information content (AvgIpc) is 1.81. The van der Waals surface area contributed by atoms with Gasteiger partial charge in [-0.25, -0.2) is 0 Å². The van der Waals surface area contributed by atoms with E-state index in [9.17, 15) is 19.8 Å². The zero-order chi connectivity index (χ0) is 8.15. The molecule has 6 heteroatoms. The number of rotatable bonds is 4. The van der Waals surface area contributed by atoms with Gasteiger partial charge in [0.05, 0.1) is 5.97 Å². The number of carbonyl (C=O) groups is 2. The van der Waals surface area contributed by atoms with E-state index in [2.05, 4.69) is 0 Å². The summed E-state index contributed by atoms with van der Waals surface area (Å²) in [5.74, 6) is -2.74. The van der Waals surface area contributed by atoms with E-state index in [1.165, 1.54) is 6.26 Å². The maximum atomic E-state index is 10.0. The van der Waals surface area contributed by atoms with E-state index in [-0.39, 0.29) is 37.7 Å². The number of carbonyl (C=O) groups excluding carboxylic acids is 2. The van der Waals surface area contributed by atoms with Crippen molar-refractivity contribution in [2.45, 2.75) is 11.7 Å². The summed E-state index contributed by atoms with van der Waals surface area (Å²) in [6, 6.07) is 0. The molecule has 1 atom stereocenters. The Morgan fingerprint density at radius 1 is 1.45 bits per heavy atom. The third-order valence-corrected chi connectivity index (χ3v) is 1.83. The van der Waals surface area contributed by atoms with E-state index in [0.29, 0.717) is 0 Å². The molecule has 0 fully saturated rings. The molecule has 0 radical (unpaired) electrons. The van der Waals surface area contributed by atoms with Crippen LogP contribution in [0.1, 0.15) is 6.42 Å². The minimum atomic E-state index is -1.37. The molecule has 4 nitrogen and oxygen atoms in total. The van der Waals surface area contributed by atoms with Gasteiger partial charge >= 0.3 is 37.7 Å². The van der Waals surface area contributed by atoms with E-state index < -0.39 is 23.6 Å². The Hall–Kier alpha value is 0.550. The van der Waals surface area contributed by atoms with Crippen molar-refractivity contribution < 1.29 is 19.8 Å². The predicted octanol–water partition coefficient (Wildman–Crippen LogP) is -2.77. The van der Waals surface area contributed by atoms with Crippen molar-refractivity contribution in [1.82, 2.24) is 0 Å². The predicted molar refractivity (Wildman–Crippen MR) is 37.7 cm³/mol. The number of hydrogen-bond acceptors (Lipinski definition) is 5. The monoisotopic (exact) mass is 202 g/mol. The van der Waals surface area contributed by atoms with Gasteiger partial charge in [-0.1, -0.05) is 0 Å². The van der Waals surface area contributed by atoms with Gasteiger partial charge in [-0.05, 0) is 6.26 Å². The molecular formula is C5H6CaO4S. The summed E-state index contributed by atoms with van der Waals surface area (Å²) < 4.78 is 0. The number of thioether (sulfide) groups is 1. The third-order valence-electron chi connectivity index (χ3n) is 0.899. The summed E-state index contributed by atoms with van der Waals surface area (Å²) in [6.07, 6.45) is 1.01. The molecule has 0 aliphatic rings. The normalized spacial score (nSPS) is 11.4. The fourth-order valence-electron chi connectivity index (χ4n) is 0.414. The van der Waals surface area contributed by atoms with Crippen LogP contribution in [-0.4, -0.2) is 61.2 Å². The van der Waals surface area contributed by atoms with E-state index >= 15 is 0 Å². The topological polar surface area (TPSA) is 80.3 Å². The fourth-order valence-corrected chi connectivity index (χ4v) is 0.909. The molecular weight excluding hydrogens is 196 g/mol. The van der Waals surface area contributed by atoms with Crippen LogP contribution in [-0.2, 0) is 9.59 Å².